The first kappa shape index (κ1) is 42.2. The van der Waals surface area contributed by atoms with Gasteiger partial charge in [-0.1, -0.05) is 212 Å². The van der Waals surface area contributed by atoms with Crippen LogP contribution >= 0.6 is 0 Å². The molecule has 0 radical (unpaired) electrons. The maximum atomic E-state index is 11.4. The lowest BCUT2D eigenvalue weighted by atomic mass is 10.0. The molecule has 0 aliphatic heterocycles. The molecule has 45 heavy (non-hydrogen) atoms. The third kappa shape index (κ3) is 26.8. The molecule has 0 fully saturated rings. The maximum absolute atomic E-state index is 11.4. The summed E-state index contributed by atoms with van der Waals surface area (Å²) in [7, 11) is -4.11. The highest BCUT2D eigenvalue weighted by atomic mass is 32.2. The van der Waals surface area contributed by atoms with Crippen molar-refractivity contribution in [2.24, 2.45) is 0 Å². The van der Waals surface area contributed by atoms with Crippen LogP contribution in [0, 0.1) is 6.92 Å². The molecule has 1 aromatic rings. The van der Waals surface area contributed by atoms with Gasteiger partial charge in [0.25, 0.3) is 10.1 Å². The van der Waals surface area contributed by atoms with Gasteiger partial charge in [-0.2, -0.15) is 8.42 Å². The monoisotopic (exact) mass is 649 g/mol. The van der Waals surface area contributed by atoms with E-state index in [2.05, 4.69) is 6.92 Å². The summed E-state index contributed by atoms with van der Waals surface area (Å²) in [6.07, 6.45) is 46.2. The average Bonchev–Trinajstić information content (AvgIpc) is 3.02. The van der Waals surface area contributed by atoms with Crippen molar-refractivity contribution in [1.82, 2.24) is 0 Å². The molecule has 0 aromatic heterocycles. The van der Waals surface area contributed by atoms with Gasteiger partial charge >= 0.3 is 0 Å². The number of rotatable bonds is 34. The van der Waals surface area contributed by atoms with Crippen molar-refractivity contribution in [3.05, 3.63) is 29.3 Å². The van der Waals surface area contributed by atoms with Crippen LogP contribution in [0.15, 0.2) is 23.1 Å². The highest BCUT2D eigenvalue weighted by molar-refractivity contribution is 7.85. The summed E-state index contributed by atoms with van der Waals surface area (Å²) >= 11 is 0. The highest BCUT2D eigenvalue weighted by Gasteiger charge is 2.11. The summed E-state index contributed by atoms with van der Waals surface area (Å²) in [5.41, 5.74) is 2.14. The lowest BCUT2D eigenvalue weighted by Gasteiger charge is -2.08. The largest absolute Gasteiger partial charge is 0.294 e. The van der Waals surface area contributed by atoms with Crippen molar-refractivity contribution in [3.63, 3.8) is 0 Å². The quantitative estimate of drug-likeness (QED) is 0.0597. The molecule has 264 valence electrons. The van der Waals surface area contributed by atoms with Crippen molar-refractivity contribution >= 4 is 10.1 Å². The van der Waals surface area contributed by atoms with Gasteiger partial charge in [0.1, 0.15) is 0 Å². The molecule has 0 spiro atoms. The van der Waals surface area contributed by atoms with Crippen molar-refractivity contribution in [2.45, 2.75) is 231 Å². The molecule has 1 rings (SSSR count). The zero-order chi connectivity index (χ0) is 32.7. The van der Waals surface area contributed by atoms with Crippen LogP contribution in [0.2, 0.25) is 0 Å². The summed E-state index contributed by atoms with van der Waals surface area (Å²) in [6, 6.07) is 4.91. The Bertz CT molecular complexity index is 879. The van der Waals surface area contributed by atoms with Gasteiger partial charge in [0.05, 0.1) is 4.90 Å². The molecule has 0 atom stereocenters. The van der Waals surface area contributed by atoms with Crippen LogP contribution in [-0.2, 0) is 16.5 Å². The summed E-state index contributed by atoms with van der Waals surface area (Å²) < 4.78 is 32.0. The van der Waals surface area contributed by atoms with E-state index in [0.717, 1.165) is 24.0 Å². The minimum atomic E-state index is -4.11. The second-order valence-electron chi connectivity index (χ2n) is 14.3. The van der Waals surface area contributed by atoms with E-state index < -0.39 is 10.1 Å². The summed E-state index contributed by atoms with van der Waals surface area (Å²) in [6.45, 7) is 4.31. The van der Waals surface area contributed by atoms with Gasteiger partial charge in [-0.15, -0.1) is 0 Å². The third-order valence-corrected chi connectivity index (χ3v) is 10.8. The van der Waals surface area contributed by atoms with Gasteiger partial charge in [-0.05, 0) is 43.0 Å². The van der Waals surface area contributed by atoms with E-state index in [-0.39, 0.29) is 4.90 Å². The van der Waals surface area contributed by atoms with E-state index in [1.165, 1.54) is 205 Å². The fourth-order valence-corrected chi connectivity index (χ4v) is 7.30. The summed E-state index contributed by atoms with van der Waals surface area (Å²) in [5, 5.41) is 0. The van der Waals surface area contributed by atoms with Crippen molar-refractivity contribution in [2.75, 3.05) is 0 Å². The standard InChI is InChI=1S/C41H76O3S/c1-3-4-5-6-7-8-9-10-11-12-13-14-15-16-17-18-19-20-21-22-23-24-25-26-27-28-29-30-31-32-33-34-35-40-38-41(45(42,43)44)37-36-39(40)2/h36-38H,3-35H2,1-2H3,(H,42,43,44). The zero-order valence-electron chi connectivity index (χ0n) is 30.2. The highest BCUT2D eigenvalue weighted by Crippen LogP contribution is 2.20. The Morgan fingerprint density at radius 2 is 0.711 bits per heavy atom. The topological polar surface area (TPSA) is 54.4 Å². The molecule has 1 N–H and O–H groups in total. The van der Waals surface area contributed by atoms with Gasteiger partial charge in [0.15, 0.2) is 0 Å². The molecule has 0 bridgehead atoms. The Labute approximate surface area is 282 Å². The fourth-order valence-electron chi connectivity index (χ4n) is 6.77. The Balaban J connectivity index is 1.72. The van der Waals surface area contributed by atoms with Crippen molar-refractivity contribution < 1.29 is 13.0 Å². The molecule has 0 saturated heterocycles. The normalized spacial score (nSPS) is 11.9. The van der Waals surface area contributed by atoms with Crippen LogP contribution in [0.25, 0.3) is 0 Å². The van der Waals surface area contributed by atoms with Crippen LogP contribution < -0.4 is 0 Å². The van der Waals surface area contributed by atoms with Crippen LogP contribution in [0.3, 0.4) is 0 Å². The number of unbranched alkanes of at least 4 members (excludes halogenated alkanes) is 31. The van der Waals surface area contributed by atoms with Crippen LogP contribution in [0.5, 0.6) is 0 Å². The number of aryl methyl sites for hydroxylation is 2. The summed E-state index contributed by atoms with van der Waals surface area (Å²) in [5.74, 6) is 0. The predicted octanol–water partition coefficient (Wildman–Crippen LogP) is 14.3. The first-order chi connectivity index (χ1) is 21.9. The number of benzene rings is 1. The van der Waals surface area contributed by atoms with Gasteiger partial charge in [-0.3, -0.25) is 4.55 Å². The molecular weight excluding hydrogens is 573 g/mol. The average molecular weight is 649 g/mol. The number of hydrogen-bond acceptors (Lipinski definition) is 2. The first-order valence-electron chi connectivity index (χ1n) is 20.0. The Morgan fingerprint density at radius 3 is 0.978 bits per heavy atom. The second-order valence-corrected chi connectivity index (χ2v) is 15.7. The van der Waals surface area contributed by atoms with Crippen LogP contribution in [0.1, 0.15) is 224 Å². The van der Waals surface area contributed by atoms with Gasteiger partial charge in [-0.25, -0.2) is 0 Å². The third-order valence-electron chi connectivity index (χ3n) is 9.92. The number of hydrogen-bond donors (Lipinski definition) is 1. The van der Waals surface area contributed by atoms with Crippen LogP contribution in [-0.4, -0.2) is 13.0 Å². The predicted molar refractivity (Wildman–Crippen MR) is 198 cm³/mol. The van der Waals surface area contributed by atoms with Crippen LogP contribution in [0.4, 0.5) is 0 Å². The molecule has 0 aliphatic rings. The minimum absolute atomic E-state index is 0.0130. The van der Waals surface area contributed by atoms with E-state index in [9.17, 15) is 13.0 Å². The Hall–Kier alpha value is -0.870. The maximum Gasteiger partial charge on any atom is 0.294 e. The molecule has 3 nitrogen and oxygen atoms in total. The van der Waals surface area contributed by atoms with Crippen molar-refractivity contribution in [3.8, 4) is 0 Å². The molecule has 1 aromatic carbocycles. The van der Waals surface area contributed by atoms with Gasteiger partial charge < -0.3 is 0 Å². The summed E-state index contributed by atoms with van der Waals surface area (Å²) in [4.78, 5) is 0.0130. The lowest BCUT2D eigenvalue weighted by molar-refractivity contribution is 0.483. The molecule has 4 heteroatoms. The van der Waals surface area contributed by atoms with E-state index in [4.69, 9.17) is 0 Å². The van der Waals surface area contributed by atoms with E-state index in [1.807, 2.05) is 6.92 Å². The Morgan fingerprint density at radius 1 is 0.444 bits per heavy atom. The Kier molecular flexibility index (Phi) is 28.5. The molecule has 0 saturated carbocycles. The smallest absolute Gasteiger partial charge is 0.282 e. The molecule has 0 heterocycles. The molecule has 0 amide bonds. The van der Waals surface area contributed by atoms with Gasteiger partial charge in [0, 0.05) is 0 Å². The SMILES string of the molecule is CCCCCCCCCCCCCCCCCCCCCCCCCCCCCCCCCCc1cc(S(=O)(=O)O)ccc1C. The zero-order valence-corrected chi connectivity index (χ0v) is 31.1. The first-order valence-corrected chi connectivity index (χ1v) is 21.5. The van der Waals surface area contributed by atoms with E-state index in [1.54, 1.807) is 12.1 Å². The second kappa shape index (κ2) is 30.5. The molecule has 0 aliphatic carbocycles. The van der Waals surface area contributed by atoms with Crippen molar-refractivity contribution in [1.29, 1.82) is 0 Å². The van der Waals surface area contributed by atoms with E-state index >= 15 is 0 Å². The molecular formula is C41H76O3S. The fraction of sp³-hybridized carbons (Fsp3) is 0.854. The molecule has 0 unspecified atom stereocenters. The van der Waals surface area contributed by atoms with E-state index in [0.29, 0.717) is 0 Å². The van der Waals surface area contributed by atoms with Gasteiger partial charge in [0.2, 0.25) is 0 Å². The minimum Gasteiger partial charge on any atom is -0.282 e. The lowest BCUT2D eigenvalue weighted by Crippen LogP contribution is -2.00.